The lowest BCUT2D eigenvalue weighted by Gasteiger charge is -2.13. The fourth-order valence-electron chi connectivity index (χ4n) is 7.11. The molecule has 5 heteroatoms. The second-order valence-electron chi connectivity index (χ2n) is 12.3. The van der Waals surface area contributed by atoms with Gasteiger partial charge in [0, 0.05) is 38.1 Å². The fraction of sp³-hybridized carbons (Fsp3) is 0.0465. The summed E-state index contributed by atoms with van der Waals surface area (Å²) in [6.45, 7) is 0. The molecule has 226 valence electrons. The molecule has 0 amide bonds. The van der Waals surface area contributed by atoms with Crippen molar-refractivity contribution in [3.63, 3.8) is 0 Å². The van der Waals surface area contributed by atoms with E-state index in [2.05, 4.69) is 85.0 Å². The van der Waals surface area contributed by atoms with Crippen LogP contribution in [0.15, 0.2) is 148 Å². The van der Waals surface area contributed by atoms with Crippen molar-refractivity contribution in [2.45, 2.75) is 12.8 Å². The molecule has 0 atom stereocenters. The minimum atomic E-state index is 0.642. The van der Waals surface area contributed by atoms with Gasteiger partial charge in [0.05, 0.1) is 0 Å². The van der Waals surface area contributed by atoms with Crippen molar-refractivity contribution < 1.29 is 8.83 Å². The summed E-state index contributed by atoms with van der Waals surface area (Å²) in [7, 11) is 0. The maximum absolute atomic E-state index is 6.67. The van der Waals surface area contributed by atoms with Crippen molar-refractivity contribution >= 4 is 60.2 Å². The van der Waals surface area contributed by atoms with Gasteiger partial charge in [0.2, 0.25) is 0 Å². The monoisotopic (exact) mass is 617 g/mol. The highest BCUT2D eigenvalue weighted by atomic mass is 16.3. The summed E-state index contributed by atoms with van der Waals surface area (Å²) in [6, 6.07) is 41.6. The van der Waals surface area contributed by atoms with Crippen LogP contribution in [0, 0.1) is 0 Å². The molecule has 5 nitrogen and oxygen atoms in total. The second kappa shape index (κ2) is 10.6. The van der Waals surface area contributed by atoms with E-state index in [0.29, 0.717) is 17.5 Å². The van der Waals surface area contributed by atoms with E-state index >= 15 is 0 Å². The number of benzene rings is 6. The van der Waals surface area contributed by atoms with E-state index in [1.807, 2.05) is 54.6 Å². The number of para-hydroxylation sites is 1. The zero-order chi connectivity index (χ0) is 31.6. The van der Waals surface area contributed by atoms with E-state index in [9.17, 15) is 0 Å². The van der Waals surface area contributed by atoms with Crippen molar-refractivity contribution in [3.8, 4) is 33.9 Å². The van der Waals surface area contributed by atoms with E-state index < -0.39 is 0 Å². The smallest absolute Gasteiger partial charge is 0.164 e. The molecule has 0 saturated heterocycles. The Morgan fingerprint density at radius 2 is 1.23 bits per heavy atom. The fourth-order valence-corrected chi connectivity index (χ4v) is 7.11. The Hall–Kier alpha value is -6.33. The van der Waals surface area contributed by atoms with Crippen LogP contribution in [-0.4, -0.2) is 15.0 Å². The SMILES string of the molecule is C1=CCCC(c2nc(-c3ccccc3)nc(-c3cc4c(oc5cccc(-c6ccc7c(c6)oc6ccccc67)c54)c4ccccc34)n2)=C1. The number of fused-ring (bicyclic) bond motifs is 8. The Morgan fingerprint density at radius 3 is 2.10 bits per heavy atom. The molecule has 9 aromatic rings. The molecular formula is C43H27N3O2. The average molecular weight is 618 g/mol. The molecule has 0 N–H and O–H groups in total. The molecule has 0 spiro atoms. The highest BCUT2D eigenvalue weighted by Gasteiger charge is 2.21. The normalized spacial score (nSPS) is 13.3. The highest BCUT2D eigenvalue weighted by molar-refractivity contribution is 6.22. The third kappa shape index (κ3) is 4.21. The lowest BCUT2D eigenvalue weighted by molar-refractivity contribution is 0.669. The molecule has 48 heavy (non-hydrogen) atoms. The largest absolute Gasteiger partial charge is 0.456 e. The number of furan rings is 2. The molecule has 3 heterocycles. The summed E-state index contributed by atoms with van der Waals surface area (Å²) in [6.07, 6.45) is 8.24. The number of nitrogens with zero attached hydrogens (tertiary/aromatic N) is 3. The van der Waals surface area contributed by atoms with Gasteiger partial charge in [0.15, 0.2) is 17.5 Å². The second-order valence-corrected chi connectivity index (χ2v) is 12.3. The first-order chi connectivity index (χ1) is 23.8. The summed E-state index contributed by atoms with van der Waals surface area (Å²) in [5, 5.41) is 6.34. The highest BCUT2D eigenvalue weighted by Crippen LogP contribution is 2.43. The molecule has 1 aliphatic rings. The van der Waals surface area contributed by atoms with Crippen molar-refractivity contribution in [2.75, 3.05) is 0 Å². The summed E-state index contributed by atoms with van der Waals surface area (Å²) in [4.78, 5) is 15.2. The summed E-state index contributed by atoms with van der Waals surface area (Å²) >= 11 is 0. The molecular weight excluding hydrogens is 590 g/mol. The first kappa shape index (κ1) is 26.8. The van der Waals surface area contributed by atoms with E-state index in [0.717, 1.165) is 95.3 Å². The van der Waals surface area contributed by atoms with Gasteiger partial charge in [-0.15, -0.1) is 0 Å². The van der Waals surface area contributed by atoms with Crippen molar-refractivity contribution in [1.82, 2.24) is 15.0 Å². The Labute approximate surface area is 275 Å². The predicted octanol–water partition coefficient (Wildman–Crippen LogP) is 11.6. The van der Waals surface area contributed by atoms with Crippen LogP contribution in [0.3, 0.4) is 0 Å². The zero-order valence-electron chi connectivity index (χ0n) is 25.9. The van der Waals surface area contributed by atoms with Gasteiger partial charge in [-0.2, -0.15) is 0 Å². The van der Waals surface area contributed by atoms with E-state index in [-0.39, 0.29) is 0 Å². The van der Waals surface area contributed by atoms with Gasteiger partial charge in [0.1, 0.15) is 22.3 Å². The zero-order valence-corrected chi connectivity index (χ0v) is 25.9. The lowest BCUT2D eigenvalue weighted by atomic mass is 9.95. The standard InChI is InChI=1S/C43H27N3O2/c1-3-12-26(13-4-1)41-44-42(27-14-5-2-6-15-27)46-43(45-41)34-25-35-39-29(19-11-21-37(39)48-40(35)33-18-8-7-16-30(33)34)28-22-23-32-31-17-9-10-20-36(31)47-38(32)24-28/h1-5,7-14,16-25H,6,15H2. The number of rotatable bonds is 4. The van der Waals surface area contributed by atoms with Crippen LogP contribution in [0.1, 0.15) is 18.7 Å². The van der Waals surface area contributed by atoms with Crippen molar-refractivity contribution in [3.05, 3.63) is 145 Å². The van der Waals surface area contributed by atoms with Crippen LogP contribution in [-0.2, 0) is 0 Å². The predicted molar refractivity (Wildman–Crippen MR) is 195 cm³/mol. The third-order valence-electron chi connectivity index (χ3n) is 9.40. The Bertz CT molecular complexity index is 2790. The minimum absolute atomic E-state index is 0.642. The first-order valence-corrected chi connectivity index (χ1v) is 16.3. The lowest BCUT2D eigenvalue weighted by Crippen LogP contribution is -2.04. The molecule has 0 aliphatic heterocycles. The van der Waals surface area contributed by atoms with Gasteiger partial charge in [-0.1, -0.05) is 109 Å². The van der Waals surface area contributed by atoms with Gasteiger partial charge in [-0.05, 0) is 65.3 Å². The topological polar surface area (TPSA) is 65.0 Å². The minimum Gasteiger partial charge on any atom is -0.456 e. The van der Waals surface area contributed by atoms with Crippen molar-refractivity contribution in [2.24, 2.45) is 0 Å². The molecule has 0 saturated carbocycles. The maximum Gasteiger partial charge on any atom is 0.164 e. The van der Waals surface area contributed by atoms with Crippen LogP contribution in [0.5, 0.6) is 0 Å². The number of aromatic nitrogens is 3. The van der Waals surface area contributed by atoms with Gasteiger partial charge in [-0.3, -0.25) is 0 Å². The summed E-state index contributed by atoms with van der Waals surface area (Å²) < 4.78 is 13.0. The molecule has 1 aliphatic carbocycles. The number of hydrogen-bond donors (Lipinski definition) is 0. The Morgan fingerprint density at radius 1 is 0.479 bits per heavy atom. The Balaban J connectivity index is 1.24. The molecule has 0 unspecified atom stereocenters. The summed E-state index contributed by atoms with van der Waals surface area (Å²) in [5.41, 5.74) is 8.58. The third-order valence-corrected chi connectivity index (χ3v) is 9.40. The summed E-state index contributed by atoms with van der Waals surface area (Å²) in [5.74, 6) is 2.01. The van der Waals surface area contributed by atoms with Gasteiger partial charge in [0.25, 0.3) is 0 Å². The number of allylic oxidation sites excluding steroid dienone is 4. The molecule has 0 bridgehead atoms. The van der Waals surface area contributed by atoms with E-state index in [4.69, 9.17) is 23.8 Å². The van der Waals surface area contributed by atoms with Gasteiger partial charge < -0.3 is 8.83 Å². The van der Waals surface area contributed by atoms with E-state index in [1.165, 1.54) is 0 Å². The van der Waals surface area contributed by atoms with Crippen LogP contribution < -0.4 is 0 Å². The van der Waals surface area contributed by atoms with Gasteiger partial charge >= 0.3 is 0 Å². The van der Waals surface area contributed by atoms with Crippen molar-refractivity contribution in [1.29, 1.82) is 0 Å². The van der Waals surface area contributed by atoms with Crippen LogP contribution >= 0.6 is 0 Å². The van der Waals surface area contributed by atoms with Crippen LogP contribution in [0.4, 0.5) is 0 Å². The van der Waals surface area contributed by atoms with E-state index in [1.54, 1.807) is 0 Å². The quantitative estimate of drug-likeness (QED) is 0.197. The molecule has 0 radical (unpaired) electrons. The van der Waals surface area contributed by atoms with Gasteiger partial charge in [-0.25, -0.2) is 15.0 Å². The number of hydrogen-bond acceptors (Lipinski definition) is 5. The Kier molecular flexibility index (Phi) is 5.93. The maximum atomic E-state index is 6.67. The molecule has 3 aromatic heterocycles. The first-order valence-electron chi connectivity index (χ1n) is 16.3. The molecule has 6 aromatic carbocycles. The van der Waals surface area contributed by atoms with Crippen LogP contribution in [0.25, 0.3) is 94.1 Å². The molecule has 0 fully saturated rings. The molecule has 10 rings (SSSR count). The van der Waals surface area contributed by atoms with Crippen LogP contribution in [0.2, 0.25) is 0 Å². The average Bonchev–Trinajstić information content (AvgIpc) is 3.73.